The van der Waals surface area contributed by atoms with Gasteiger partial charge in [-0.1, -0.05) is 34.1 Å². The predicted octanol–water partition coefficient (Wildman–Crippen LogP) is 3.07. The molecule has 0 unspecified atom stereocenters. The van der Waals surface area contributed by atoms with Crippen LogP contribution in [-0.4, -0.2) is 6.54 Å². The Labute approximate surface area is 85.3 Å². The van der Waals surface area contributed by atoms with E-state index in [0.717, 1.165) is 15.6 Å². The molecule has 0 atom stereocenters. The third-order valence-electron chi connectivity index (χ3n) is 1.56. The molecule has 1 aromatic carbocycles. The van der Waals surface area contributed by atoms with Crippen LogP contribution in [-0.2, 0) is 0 Å². The van der Waals surface area contributed by atoms with Crippen LogP contribution in [0.2, 0.25) is 5.02 Å². The monoisotopic (exact) mass is 245 g/mol. The van der Waals surface area contributed by atoms with Crippen LogP contribution in [0.4, 0.5) is 0 Å². The zero-order valence-electron chi connectivity index (χ0n) is 6.48. The Balaban J connectivity index is 3.13. The maximum absolute atomic E-state index is 5.82. The van der Waals surface area contributed by atoms with Gasteiger partial charge >= 0.3 is 0 Å². The van der Waals surface area contributed by atoms with Crippen molar-refractivity contribution >= 4 is 33.1 Å². The van der Waals surface area contributed by atoms with Crippen molar-refractivity contribution in [3.8, 4) is 0 Å². The fraction of sp³-hybridized carbons (Fsp3) is 0.111. The molecular weight excluding hydrogens is 237 g/mol. The van der Waals surface area contributed by atoms with Crippen LogP contribution in [0.5, 0.6) is 0 Å². The van der Waals surface area contributed by atoms with Crippen LogP contribution in [0.25, 0.3) is 5.57 Å². The first-order chi connectivity index (χ1) is 5.65. The van der Waals surface area contributed by atoms with Gasteiger partial charge in [0.15, 0.2) is 0 Å². The number of rotatable bonds is 2. The van der Waals surface area contributed by atoms with Crippen LogP contribution in [0, 0.1) is 0 Å². The number of hydrogen-bond donors (Lipinski definition) is 1. The molecule has 0 amide bonds. The molecule has 0 spiro atoms. The van der Waals surface area contributed by atoms with E-state index in [-0.39, 0.29) is 0 Å². The number of benzene rings is 1. The molecule has 12 heavy (non-hydrogen) atoms. The van der Waals surface area contributed by atoms with Gasteiger partial charge in [-0.3, -0.25) is 0 Å². The number of nitrogens with two attached hydrogens (primary N) is 1. The fourth-order valence-electron chi connectivity index (χ4n) is 0.878. The summed E-state index contributed by atoms with van der Waals surface area (Å²) in [6.45, 7) is 4.28. The van der Waals surface area contributed by atoms with Crippen molar-refractivity contribution in [2.45, 2.75) is 0 Å². The molecule has 0 fully saturated rings. The lowest BCUT2D eigenvalue weighted by atomic mass is 10.1. The van der Waals surface area contributed by atoms with E-state index in [4.69, 9.17) is 17.3 Å². The Bertz CT molecular complexity index is 309. The molecule has 3 heteroatoms. The van der Waals surface area contributed by atoms with Gasteiger partial charge in [0.05, 0.1) is 0 Å². The molecule has 1 aromatic rings. The van der Waals surface area contributed by atoms with Gasteiger partial charge in [-0.05, 0) is 29.3 Å². The van der Waals surface area contributed by atoms with E-state index in [1.54, 1.807) is 0 Å². The number of hydrogen-bond acceptors (Lipinski definition) is 1. The SMILES string of the molecule is C=C(CN)c1cc(Cl)ccc1Br. The standard InChI is InChI=1S/C9H9BrClN/c1-6(5-12)8-4-7(11)2-3-9(8)10/h2-4H,1,5,12H2. The summed E-state index contributed by atoms with van der Waals surface area (Å²) >= 11 is 9.21. The van der Waals surface area contributed by atoms with Crippen LogP contribution >= 0.6 is 27.5 Å². The van der Waals surface area contributed by atoms with Crippen LogP contribution < -0.4 is 5.73 Å². The summed E-state index contributed by atoms with van der Waals surface area (Å²) in [7, 11) is 0. The maximum atomic E-state index is 5.82. The molecule has 0 aliphatic heterocycles. The van der Waals surface area contributed by atoms with E-state index in [9.17, 15) is 0 Å². The summed E-state index contributed by atoms with van der Waals surface area (Å²) in [5.74, 6) is 0. The third kappa shape index (κ3) is 2.09. The molecular formula is C9H9BrClN. The molecule has 0 aromatic heterocycles. The van der Waals surface area contributed by atoms with Crippen LogP contribution in [0.15, 0.2) is 29.3 Å². The average Bonchev–Trinajstić information content (AvgIpc) is 2.08. The second-order valence-electron chi connectivity index (χ2n) is 2.43. The summed E-state index contributed by atoms with van der Waals surface area (Å²) < 4.78 is 0.974. The minimum atomic E-state index is 0.443. The van der Waals surface area contributed by atoms with Gasteiger partial charge in [-0.25, -0.2) is 0 Å². The highest BCUT2D eigenvalue weighted by Crippen LogP contribution is 2.25. The largest absolute Gasteiger partial charge is 0.326 e. The molecule has 0 aliphatic rings. The Morgan fingerprint density at radius 2 is 2.25 bits per heavy atom. The van der Waals surface area contributed by atoms with E-state index < -0.39 is 0 Å². The Kier molecular flexibility index (Phi) is 3.32. The van der Waals surface area contributed by atoms with E-state index in [0.29, 0.717) is 11.6 Å². The Morgan fingerprint density at radius 3 is 2.83 bits per heavy atom. The van der Waals surface area contributed by atoms with Crippen molar-refractivity contribution in [3.63, 3.8) is 0 Å². The third-order valence-corrected chi connectivity index (χ3v) is 2.48. The highest BCUT2D eigenvalue weighted by Gasteiger charge is 2.02. The van der Waals surface area contributed by atoms with Crippen LogP contribution in [0.1, 0.15) is 5.56 Å². The lowest BCUT2D eigenvalue weighted by Crippen LogP contribution is -2.01. The van der Waals surface area contributed by atoms with E-state index >= 15 is 0 Å². The van der Waals surface area contributed by atoms with Gasteiger partial charge in [-0.2, -0.15) is 0 Å². The zero-order valence-corrected chi connectivity index (χ0v) is 8.82. The summed E-state index contributed by atoms with van der Waals surface area (Å²) in [6, 6.07) is 5.55. The van der Waals surface area contributed by atoms with Crippen molar-refractivity contribution in [1.29, 1.82) is 0 Å². The normalized spacial score (nSPS) is 9.92. The minimum Gasteiger partial charge on any atom is -0.326 e. The highest BCUT2D eigenvalue weighted by atomic mass is 79.9. The van der Waals surface area contributed by atoms with Gasteiger partial charge in [0.2, 0.25) is 0 Å². The maximum Gasteiger partial charge on any atom is 0.0412 e. The van der Waals surface area contributed by atoms with Crippen molar-refractivity contribution in [3.05, 3.63) is 39.8 Å². The highest BCUT2D eigenvalue weighted by molar-refractivity contribution is 9.10. The quantitative estimate of drug-likeness (QED) is 0.853. The Morgan fingerprint density at radius 1 is 1.58 bits per heavy atom. The zero-order chi connectivity index (χ0) is 9.14. The predicted molar refractivity (Wildman–Crippen MR) is 57.2 cm³/mol. The molecule has 1 rings (SSSR count). The van der Waals surface area contributed by atoms with E-state index in [1.165, 1.54) is 0 Å². The second kappa shape index (κ2) is 4.08. The molecule has 0 heterocycles. The second-order valence-corrected chi connectivity index (χ2v) is 3.72. The molecule has 64 valence electrons. The van der Waals surface area contributed by atoms with Gasteiger partial charge in [0.1, 0.15) is 0 Å². The summed E-state index contributed by atoms with van der Waals surface area (Å²) in [6.07, 6.45) is 0. The Hall–Kier alpha value is -0.310. The molecule has 0 radical (unpaired) electrons. The van der Waals surface area contributed by atoms with Gasteiger partial charge < -0.3 is 5.73 Å². The summed E-state index contributed by atoms with van der Waals surface area (Å²) in [5.41, 5.74) is 7.32. The van der Waals surface area contributed by atoms with Gasteiger partial charge in [-0.15, -0.1) is 0 Å². The first-order valence-corrected chi connectivity index (χ1v) is 4.65. The van der Waals surface area contributed by atoms with Crippen molar-refractivity contribution < 1.29 is 0 Å². The molecule has 0 bridgehead atoms. The van der Waals surface area contributed by atoms with Crippen molar-refractivity contribution in [1.82, 2.24) is 0 Å². The number of halogens is 2. The lowest BCUT2D eigenvalue weighted by molar-refractivity contribution is 1.27. The first-order valence-electron chi connectivity index (χ1n) is 3.48. The minimum absolute atomic E-state index is 0.443. The van der Waals surface area contributed by atoms with Crippen molar-refractivity contribution in [2.75, 3.05) is 6.54 Å². The van der Waals surface area contributed by atoms with Crippen LogP contribution in [0.3, 0.4) is 0 Å². The van der Waals surface area contributed by atoms with E-state index in [1.807, 2.05) is 18.2 Å². The summed E-state index contributed by atoms with van der Waals surface area (Å²) in [5, 5.41) is 0.697. The first kappa shape index (κ1) is 9.78. The fourth-order valence-corrected chi connectivity index (χ4v) is 1.58. The topological polar surface area (TPSA) is 26.0 Å². The summed E-state index contributed by atoms with van der Waals surface area (Å²) in [4.78, 5) is 0. The smallest absolute Gasteiger partial charge is 0.0412 e. The van der Waals surface area contributed by atoms with E-state index in [2.05, 4.69) is 22.5 Å². The molecule has 2 N–H and O–H groups in total. The molecule has 1 nitrogen and oxygen atoms in total. The van der Waals surface area contributed by atoms with Gasteiger partial charge in [0, 0.05) is 16.0 Å². The lowest BCUT2D eigenvalue weighted by Gasteiger charge is -2.05. The average molecular weight is 247 g/mol. The molecule has 0 aliphatic carbocycles. The molecule has 0 saturated heterocycles. The van der Waals surface area contributed by atoms with Gasteiger partial charge in [0.25, 0.3) is 0 Å². The van der Waals surface area contributed by atoms with Crippen molar-refractivity contribution in [2.24, 2.45) is 5.73 Å². The molecule has 0 saturated carbocycles.